The summed E-state index contributed by atoms with van der Waals surface area (Å²) in [5, 5.41) is 3.25. The Balaban J connectivity index is 1.59. The molecule has 3 rings (SSSR count). The van der Waals surface area contributed by atoms with E-state index in [4.69, 9.17) is 0 Å². The number of piperazine rings is 1. The minimum atomic E-state index is -0.0893. The van der Waals surface area contributed by atoms with Gasteiger partial charge in [0, 0.05) is 37.4 Å². The molecule has 0 unspecified atom stereocenters. The van der Waals surface area contributed by atoms with E-state index in [-0.39, 0.29) is 11.4 Å². The number of hydrogen-bond donors (Lipinski definition) is 1. The van der Waals surface area contributed by atoms with Crippen LogP contribution in [0.4, 0.5) is 11.5 Å². The highest BCUT2D eigenvalue weighted by molar-refractivity contribution is 5.92. The van der Waals surface area contributed by atoms with Gasteiger partial charge in [0.2, 0.25) is 0 Å². The Labute approximate surface area is 148 Å². The first kappa shape index (κ1) is 17.2. The highest BCUT2D eigenvalue weighted by Crippen LogP contribution is 2.17. The SMILES string of the molecule is CC(C)(C)Nc1cnc(C(=O)N2CCN(c3ccccc3)CC2)cn1. The lowest BCUT2D eigenvalue weighted by atomic mass is 10.1. The molecule has 0 radical (unpaired) electrons. The molecule has 6 heteroatoms. The number of nitrogens with zero attached hydrogens (tertiary/aromatic N) is 4. The molecule has 0 bridgehead atoms. The number of carbonyl (C=O) groups excluding carboxylic acids is 1. The molecule has 6 nitrogen and oxygen atoms in total. The van der Waals surface area contributed by atoms with E-state index in [2.05, 4.69) is 53.1 Å². The van der Waals surface area contributed by atoms with Gasteiger partial charge in [0.1, 0.15) is 11.5 Å². The molecule has 1 amide bonds. The maximum atomic E-state index is 12.6. The number of aromatic nitrogens is 2. The smallest absolute Gasteiger partial charge is 0.274 e. The van der Waals surface area contributed by atoms with Crippen LogP contribution in [0.1, 0.15) is 31.3 Å². The van der Waals surface area contributed by atoms with Gasteiger partial charge in [-0.25, -0.2) is 9.97 Å². The quantitative estimate of drug-likeness (QED) is 0.931. The third-order valence-electron chi connectivity index (χ3n) is 4.06. The standard InChI is InChI=1S/C19H25N5O/c1-19(2,3)22-17-14-20-16(13-21-17)18(25)24-11-9-23(10-12-24)15-7-5-4-6-8-15/h4-8,13-14H,9-12H2,1-3H3,(H,21,22). The van der Waals surface area contributed by atoms with Gasteiger partial charge in [0.05, 0.1) is 12.4 Å². The Hall–Kier alpha value is -2.63. The second-order valence-corrected chi connectivity index (χ2v) is 7.28. The molecule has 1 aromatic carbocycles. The minimum Gasteiger partial charge on any atom is -0.368 e. The summed E-state index contributed by atoms with van der Waals surface area (Å²) in [5.41, 5.74) is 1.51. The fourth-order valence-corrected chi connectivity index (χ4v) is 2.86. The van der Waals surface area contributed by atoms with Gasteiger partial charge in [0.25, 0.3) is 5.91 Å². The molecule has 1 aliphatic heterocycles. The van der Waals surface area contributed by atoms with E-state index in [1.165, 1.54) is 5.69 Å². The van der Waals surface area contributed by atoms with E-state index < -0.39 is 0 Å². The maximum Gasteiger partial charge on any atom is 0.274 e. The number of hydrogen-bond acceptors (Lipinski definition) is 5. The van der Waals surface area contributed by atoms with Crippen LogP contribution in [-0.2, 0) is 0 Å². The van der Waals surface area contributed by atoms with Crippen LogP contribution in [0.2, 0.25) is 0 Å². The topological polar surface area (TPSA) is 61.4 Å². The van der Waals surface area contributed by atoms with Gasteiger partial charge in [-0.15, -0.1) is 0 Å². The van der Waals surface area contributed by atoms with E-state index in [1.807, 2.05) is 23.1 Å². The normalized spacial score (nSPS) is 15.2. The van der Waals surface area contributed by atoms with Gasteiger partial charge >= 0.3 is 0 Å². The summed E-state index contributed by atoms with van der Waals surface area (Å²) in [6.45, 7) is 9.20. The van der Waals surface area contributed by atoms with E-state index in [0.717, 1.165) is 13.1 Å². The van der Waals surface area contributed by atoms with Crippen LogP contribution in [-0.4, -0.2) is 52.5 Å². The summed E-state index contributed by atoms with van der Waals surface area (Å²) in [5.74, 6) is 0.625. The molecule has 2 aromatic rings. The van der Waals surface area contributed by atoms with Crippen LogP contribution >= 0.6 is 0 Å². The average molecular weight is 339 g/mol. The Bertz CT molecular complexity index is 701. The van der Waals surface area contributed by atoms with Gasteiger partial charge in [-0.1, -0.05) is 18.2 Å². The van der Waals surface area contributed by atoms with Gasteiger partial charge in [-0.3, -0.25) is 4.79 Å². The monoisotopic (exact) mass is 339 g/mol. The van der Waals surface area contributed by atoms with Crippen molar-refractivity contribution in [2.45, 2.75) is 26.3 Å². The van der Waals surface area contributed by atoms with Gasteiger partial charge < -0.3 is 15.1 Å². The predicted molar refractivity (Wildman–Crippen MR) is 100.0 cm³/mol. The van der Waals surface area contributed by atoms with Crippen molar-refractivity contribution in [2.75, 3.05) is 36.4 Å². The molecular weight excluding hydrogens is 314 g/mol. The largest absolute Gasteiger partial charge is 0.368 e. The summed E-state index contributed by atoms with van der Waals surface area (Å²) in [7, 11) is 0. The summed E-state index contributed by atoms with van der Waals surface area (Å²) in [6.07, 6.45) is 3.18. The van der Waals surface area contributed by atoms with Crippen molar-refractivity contribution in [2.24, 2.45) is 0 Å². The molecule has 0 aliphatic carbocycles. The van der Waals surface area contributed by atoms with Crippen molar-refractivity contribution >= 4 is 17.4 Å². The van der Waals surface area contributed by atoms with Gasteiger partial charge in [0.15, 0.2) is 0 Å². The number of nitrogens with one attached hydrogen (secondary N) is 1. The molecule has 0 spiro atoms. The number of amides is 1. The first-order chi connectivity index (χ1) is 11.9. The molecule has 1 N–H and O–H groups in total. The zero-order valence-electron chi connectivity index (χ0n) is 15.1. The first-order valence-corrected chi connectivity index (χ1v) is 8.62. The van der Waals surface area contributed by atoms with Crippen LogP contribution in [0, 0.1) is 0 Å². The fraction of sp³-hybridized carbons (Fsp3) is 0.421. The minimum absolute atomic E-state index is 0.0532. The van der Waals surface area contributed by atoms with Crippen LogP contribution < -0.4 is 10.2 Å². The summed E-state index contributed by atoms with van der Waals surface area (Å²) >= 11 is 0. The lowest BCUT2D eigenvalue weighted by Gasteiger charge is -2.35. The number of anilines is 2. The summed E-state index contributed by atoms with van der Waals surface area (Å²) < 4.78 is 0. The summed E-state index contributed by atoms with van der Waals surface area (Å²) in [6, 6.07) is 10.3. The third-order valence-corrected chi connectivity index (χ3v) is 4.06. The predicted octanol–water partition coefficient (Wildman–Crippen LogP) is 2.65. The molecule has 1 fully saturated rings. The Morgan fingerprint density at radius 2 is 1.68 bits per heavy atom. The van der Waals surface area contributed by atoms with E-state index >= 15 is 0 Å². The van der Waals surface area contributed by atoms with Crippen molar-refractivity contribution < 1.29 is 4.79 Å². The summed E-state index contributed by atoms with van der Waals surface area (Å²) in [4.78, 5) is 25.4. The maximum absolute atomic E-state index is 12.6. The molecule has 0 atom stereocenters. The average Bonchev–Trinajstić information content (AvgIpc) is 2.61. The molecule has 2 heterocycles. The van der Waals surface area contributed by atoms with Gasteiger partial charge in [-0.2, -0.15) is 0 Å². The second-order valence-electron chi connectivity index (χ2n) is 7.28. The number of rotatable bonds is 3. The third kappa shape index (κ3) is 4.47. The highest BCUT2D eigenvalue weighted by Gasteiger charge is 2.23. The zero-order valence-corrected chi connectivity index (χ0v) is 15.1. The van der Waals surface area contributed by atoms with E-state index in [9.17, 15) is 4.79 Å². The fourth-order valence-electron chi connectivity index (χ4n) is 2.86. The molecule has 1 aromatic heterocycles. The van der Waals surface area contributed by atoms with Crippen molar-refractivity contribution in [3.8, 4) is 0 Å². The number of benzene rings is 1. The molecule has 1 saturated heterocycles. The number of carbonyl (C=O) groups is 1. The van der Waals surface area contributed by atoms with E-state index in [0.29, 0.717) is 24.6 Å². The molecule has 1 aliphatic rings. The Morgan fingerprint density at radius 1 is 1.00 bits per heavy atom. The Kier molecular flexibility index (Phi) is 4.88. The lowest BCUT2D eigenvalue weighted by Crippen LogP contribution is -2.49. The van der Waals surface area contributed by atoms with Crippen molar-refractivity contribution in [1.29, 1.82) is 0 Å². The second kappa shape index (κ2) is 7.09. The van der Waals surface area contributed by atoms with Crippen molar-refractivity contribution in [3.63, 3.8) is 0 Å². The van der Waals surface area contributed by atoms with Gasteiger partial charge in [-0.05, 0) is 32.9 Å². The molecule has 0 saturated carbocycles. The molecule has 25 heavy (non-hydrogen) atoms. The van der Waals surface area contributed by atoms with Crippen LogP contribution in [0.3, 0.4) is 0 Å². The van der Waals surface area contributed by atoms with Crippen LogP contribution in [0.5, 0.6) is 0 Å². The van der Waals surface area contributed by atoms with E-state index in [1.54, 1.807) is 12.4 Å². The Morgan fingerprint density at radius 3 is 2.24 bits per heavy atom. The zero-order chi connectivity index (χ0) is 17.9. The highest BCUT2D eigenvalue weighted by atomic mass is 16.2. The van der Waals surface area contributed by atoms with Crippen LogP contribution in [0.15, 0.2) is 42.7 Å². The van der Waals surface area contributed by atoms with Crippen molar-refractivity contribution in [3.05, 3.63) is 48.4 Å². The molecular formula is C19H25N5O. The van der Waals surface area contributed by atoms with Crippen molar-refractivity contribution in [1.82, 2.24) is 14.9 Å². The first-order valence-electron chi connectivity index (χ1n) is 8.62. The number of para-hydroxylation sites is 1. The lowest BCUT2D eigenvalue weighted by molar-refractivity contribution is 0.0740. The molecule has 132 valence electrons. The van der Waals surface area contributed by atoms with Crippen LogP contribution in [0.25, 0.3) is 0 Å².